The van der Waals surface area contributed by atoms with Gasteiger partial charge in [0.25, 0.3) is 0 Å². The first-order valence-corrected chi connectivity index (χ1v) is 9.61. The highest BCUT2D eigenvalue weighted by molar-refractivity contribution is 5.32. The molecule has 1 nitrogen and oxygen atoms in total. The Morgan fingerprint density at radius 3 is 2.86 bits per heavy atom. The summed E-state index contributed by atoms with van der Waals surface area (Å²) in [6, 6.07) is 0. The number of methoxy groups -OCH3 is 1. The highest BCUT2D eigenvalue weighted by atomic mass is 16.5. The Hall–Kier alpha value is -0.720. The van der Waals surface area contributed by atoms with Crippen molar-refractivity contribution in [3.05, 3.63) is 23.0 Å². The molecule has 5 unspecified atom stereocenters. The summed E-state index contributed by atoms with van der Waals surface area (Å²) in [5.41, 5.74) is 4.24. The van der Waals surface area contributed by atoms with Gasteiger partial charge >= 0.3 is 0 Å². The molecule has 0 aromatic heterocycles. The monoisotopic (exact) mass is 300 g/mol. The maximum Gasteiger partial charge on any atom is 0.0959 e. The fraction of sp³-hybridized carbons (Fsp3) is 0.810. The molecule has 0 aliphatic heterocycles. The highest BCUT2D eigenvalue weighted by Crippen LogP contribution is 2.63. The number of ether oxygens (including phenoxy) is 1. The summed E-state index contributed by atoms with van der Waals surface area (Å²) < 4.78 is 5.52. The van der Waals surface area contributed by atoms with Gasteiger partial charge in [-0.15, -0.1) is 0 Å². The summed E-state index contributed by atoms with van der Waals surface area (Å²) in [7, 11) is 1.83. The van der Waals surface area contributed by atoms with Gasteiger partial charge in [0.05, 0.1) is 12.9 Å². The molecule has 4 aliphatic rings. The van der Waals surface area contributed by atoms with Gasteiger partial charge in [-0.05, 0) is 80.1 Å². The quantitative estimate of drug-likeness (QED) is 0.579. The maximum atomic E-state index is 5.52. The average molecular weight is 300 g/mol. The smallest absolute Gasteiger partial charge is 0.0959 e. The van der Waals surface area contributed by atoms with E-state index < -0.39 is 0 Å². The molecule has 0 aromatic rings. The van der Waals surface area contributed by atoms with Crippen molar-refractivity contribution in [2.45, 2.75) is 71.6 Å². The fourth-order valence-electron chi connectivity index (χ4n) is 6.83. The zero-order valence-electron chi connectivity index (χ0n) is 14.7. The summed E-state index contributed by atoms with van der Waals surface area (Å²) in [6.45, 7) is 5.06. The molecule has 4 aliphatic carbocycles. The van der Waals surface area contributed by atoms with E-state index >= 15 is 0 Å². The van der Waals surface area contributed by atoms with Crippen LogP contribution in [-0.4, -0.2) is 7.11 Å². The third-order valence-corrected chi connectivity index (χ3v) is 8.01. The third-order valence-electron chi connectivity index (χ3n) is 8.01. The average Bonchev–Trinajstić information content (AvgIpc) is 2.90. The molecule has 0 saturated heterocycles. The lowest BCUT2D eigenvalue weighted by Gasteiger charge is -2.52. The van der Waals surface area contributed by atoms with E-state index in [-0.39, 0.29) is 0 Å². The van der Waals surface area contributed by atoms with E-state index in [9.17, 15) is 0 Å². The molecule has 2 fully saturated rings. The van der Waals surface area contributed by atoms with Crippen molar-refractivity contribution in [1.82, 2.24) is 0 Å². The summed E-state index contributed by atoms with van der Waals surface area (Å²) >= 11 is 0. The number of hydrogen-bond acceptors (Lipinski definition) is 1. The standard InChI is InChI=1S/C21H32O/c1-4-15-6-10-20-19-8-5-14-13-16(22-3)7-9-17(14)18(19)11-12-21(15,20)2/h7,15,18-20H,4-6,8-13H2,1-3H3. The Labute approximate surface area is 136 Å². The first kappa shape index (κ1) is 14.8. The lowest BCUT2D eigenvalue weighted by atomic mass is 9.53. The van der Waals surface area contributed by atoms with Gasteiger partial charge in [-0.25, -0.2) is 0 Å². The summed E-state index contributed by atoms with van der Waals surface area (Å²) in [4.78, 5) is 0. The predicted octanol–water partition coefficient (Wildman–Crippen LogP) is 5.87. The van der Waals surface area contributed by atoms with Gasteiger partial charge in [0.2, 0.25) is 0 Å². The molecule has 5 atom stereocenters. The minimum atomic E-state index is 0.663. The van der Waals surface area contributed by atoms with Crippen molar-refractivity contribution in [1.29, 1.82) is 0 Å². The SMILES string of the molecule is CCC1CCC2C3CCC4=C(CC=C(OC)C4)C3CCC12C. The number of allylic oxidation sites excluding steroid dienone is 3. The Bertz CT molecular complexity index is 514. The third kappa shape index (κ3) is 2.03. The second-order valence-electron chi connectivity index (χ2n) is 8.53. The summed E-state index contributed by atoms with van der Waals surface area (Å²) in [6.07, 6.45) is 14.8. The number of rotatable bonds is 2. The van der Waals surface area contributed by atoms with Crippen LogP contribution in [0.3, 0.4) is 0 Å². The van der Waals surface area contributed by atoms with Crippen LogP contribution in [0.15, 0.2) is 23.0 Å². The lowest BCUT2D eigenvalue weighted by Crippen LogP contribution is -2.43. The molecule has 0 bridgehead atoms. The number of fused-ring (bicyclic) bond motifs is 4. The van der Waals surface area contributed by atoms with Crippen molar-refractivity contribution in [2.75, 3.05) is 7.11 Å². The lowest BCUT2D eigenvalue weighted by molar-refractivity contribution is 0.0131. The van der Waals surface area contributed by atoms with E-state index in [2.05, 4.69) is 19.9 Å². The van der Waals surface area contributed by atoms with Crippen LogP contribution in [0.5, 0.6) is 0 Å². The molecule has 0 radical (unpaired) electrons. The molecule has 0 amide bonds. The first-order chi connectivity index (χ1) is 10.7. The van der Waals surface area contributed by atoms with Crippen molar-refractivity contribution in [2.24, 2.45) is 29.1 Å². The van der Waals surface area contributed by atoms with Crippen molar-refractivity contribution in [3.8, 4) is 0 Å². The van der Waals surface area contributed by atoms with Crippen LogP contribution >= 0.6 is 0 Å². The minimum absolute atomic E-state index is 0.663. The van der Waals surface area contributed by atoms with Gasteiger partial charge in [-0.2, -0.15) is 0 Å². The predicted molar refractivity (Wildman–Crippen MR) is 91.4 cm³/mol. The molecule has 2 saturated carbocycles. The zero-order chi connectivity index (χ0) is 15.3. The normalized spacial score (nSPS) is 44.0. The summed E-state index contributed by atoms with van der Waals surface area (Å²) in [5, 5.41) is 0. The van der Waals surface area contributed by atoms with Gasteiger partial charge in [-0.1, -0.05) is 31.4 Å². The Kier molecular flexibility index (Phi) is 3.66. The molecule has 4 rings (SSSR count). The van der Waals surface area contributed by atoms with Crippen LogP contribution in [0.25, 0.3) is 0 Å². The molecule has 0 N–H and O–H groups in total. The van der Waals surface area contributed by atoms with E-state index in [4.69, 9.17) is 4.74 Å². The van der Waals surface area contributed by atoms with Crippen LogP contribution in [0.4, 0.5) is 0 Å². The molecule has 1 heteroatoms. The molecule has 0 heterocycles. The van der Waals surface area contributed by atoms with E-state index in [1.165, 1.54) is 57.1 Å². The van der Waals surface area contributed by atoms with E-state index in [0.29, 0.717) is 5.41 Å². The van der Waals surface area contributed by atoms with Crippen LogP contribution in [0.2, 0.25) is 0 Å². The van der Waals surface area contributed by atoms with Gasteiger partial charge in [0, 0.05) is 6.42 Å². The maximum absolute atomic E-state index is 5.52. The topological polar surface area (TPSA) is 9.23 Å². The van der Waals surface area contributed by atoms with Crippen LogP contribution in [0.1, 0.15) is 71.6 Å². The molecule has 122 valence electrons. The van der Waals surface area contributed by atoms with Crippen LogP contribution in [0, 0.1) is 29.1 Å². The van der Waals surface area contributed by atoms with Gasteiger partial charge in [0.1, 0.15) is 0 Å². The fourth-order valence-corrected chi connectivity index (χ4v) is 6.83. The van der Waals surface area contributed by atoms with Crippen molar-refractivity contribution >= 4 is 0 Å². The van der Waals surface area contributed by atoms with Crippen molar-refractivity contribution < 1.29 is 4.74 Å². The van der Waals surface area contributed by atoms with E-state index in [1.54, 1.807) is 5.57 Å². The van der Waals surface area contributed by atoms with E-state index in [0.717, 1.165) is 30.1 Å². The number of hydrogen-bond donors (Lipinski definition) is 0. The van der Waals surface area contributed by atoms with Gasteiger partial charge < -0.3 is 4.74 Å². The van der Waals surface area contributed by atoms with Gasteiger partial charge in [-0.3, -0.25) is 0 Å². The Morgan fingerprint density at radius 1 is 1.23 bits per heavy atom. The van der Waals surface area contributed by atoms with Crippen LogP contribution in [-0.2, 0) is 4.74 Å². The molecule has 22 heavy (non-hydrogen) atoms. The van der Waals surface area contributed by atoms with Crippen LogP contribution < -0.4 is 0 Å². The zero-order valence-corrected chi connectivity index (χ0v) is 14.7. The molecular formula is C21H32O. The summed E-state index contributed by atoms with van der Waals surface area (Å²) in [5.74, 6) is 5.13. The minimum Gasteiger partial charge on any atom is -0.501 e. The van der Waals surface area contributed by atoms with Crippen molar-refractivity contribution in [3.63, 3.8) is 0 Å². The highest BCUT2D eigenvalue weighted by Gasteiger charge is 2.54. The molecule has 0 aromatic carbocycles. The van der Waals surface area contributed by atoms with Gasteiger partial charge in [0.15, 0.2) is 0 Å². The molecular weight excluding hydrogens is 268 g/mol. The molecule has 0 spiro atoms. The Morgan fingerprint density at radius 2 is 2.09 bits per heavy atom. The van der Waals surface area contributed by atoms with E-state index in [1.807, 2.05) is 12.7 Å². The second-order valence-corrected chi connectivity index (χ2v) is 8.53. The second kappa shape index (κ2) is 5.42. The first-order valence-electron chi connectivity index (χ1n) is 9.61. The Balaban J connectivity index is 1.59. The largest absolute Gasteiger partial charge is 0.501 e.